The minimum absolute atomic E-state index is 0.181. The second kappa shape index (κ2) is 9.74. The van der Waals surface area contributed by atoms with Crippen molar-refractivity contribution in [2.75, 3.05) is 6.61 Å². The van der Waals surface area contributed by atoms with Crippen LogP contribution in [0.3, 0.4) is 0 Å². The molecule has 0 aromatic carbocycles. The van der Waals surface area contributed by atoms with Crippen molar-refractivity contribution in [3.8, 4) is 0 Å². The highest BCUT2D eigenvalue weighted by Crippen LogP contribution is 2.01. The largest absolute Gasteiger partial charge is 0.480 e. The maximum atomic E-state index is 12.0. The average molecular weight is 332 g/mol. The van der Waals surface area contributed by atoms with Crippen molar-refractivity contribution in [1.29, 1.82) is 0 Å². The Morgan fingerprint density at radius 1 is 1.04 bits per heavy atom. The summed E-state index contributed by atoms with van der Waals surface area (Å²) in [5.41, 5.74) is 10.6. The number of nitrogens with one attached hydrogen (secondary N) is 2. The van der Waals surface area contributed by atoms with E-state index in [1.54, 1.807) is 13.8 Å². The summed E-state index contributed by atoms with van der Waals surface area (Å²) in [4.78, 5) is 45.5. The van der Waals surface area contributed by atoms with Gasteiger partial charge in [0.1, 0.15) is 12.1 Å². The summed E-state index contributed by atoms with van der Waals surface area (Å²) in [5, 5.41) is 22.6. The number of carbonyl (C=O) groups is 4. The number of carboxylic acids is 1. The van der Waals surface area contributed by atoms with Crippen LogP contribution in [-0.2, 0) is 19.2 Å². The van der Waals surface area contributed by atoms with Gasteiger partial charge in [-0.25, -0.2) is 4.79 Å². The fourth-order valence-corrected chi connectivity index (χ4v) is 1.58. The second-order valence-corrected chi connectivity index (χ2v) is 5.42. The number of aliphatic hydroxyl groups excluding tert-OH is 1. The van der Waals surface area contributed by atoms with Gasteiger partial charge in [0.05, 0.1) is 12.6 Å². The molecule has 23 heavy (non-hydrogen) atoms. The van der Waals surface area contributed by atoms with Gasteiger partial charge in [-0.3, -0.25) is 14.4 Å². The number of carbonyl (C=O) groups excluding carboxylic acids is 3. The van der Waals surface area contributed by atoms with E-state index in [1.165, 1.54) is 0 Å². The van der Waals surface area contributed by atoms with E-state index in [0.29, 0.717) is 0 Å². The summed E-state index contributed by atoms with van der Waals surface area (Å²) in [5.74, 6) is -3.78. The lowest BCUT2D eigenvalue weighted by Crippen LogP contribution is -2.56. The first-order valence-corrected chi connectivity index (χ1v) is 7.08. The summed E-state index contributed by atoms with van der Waals surface area (Å²) in [7, 11) is 0. The van der Waals surface area contributed by atoms with Gasteiger partial charge in [-0.05, 0) is 12.3 Å². The molecule has 8 N–H and O–H groups in total. The van der Waals surface area contributed by atoms with E-state index in [4.69, 9.17) is 16.6 Å². The Bertz CT molecular complexity index is 454. The smallest absolute Gasteiger partial charge is 0.326 e. The molecule has 0 aromatic rings. The summed E-state index contributed by atoms with van der Waals surface area (Å²) in [6.07, 6.45) is -0.431. The van der Waals surface area contributed by atoms with Gasteiger partial charge in [0.2, 0.25) is 17.7 Å². The molecular weight excluding hydrogens is 308 g/mol. The van der Waals surface area contributed by atoms with Crippen LogP contribution in [0, 0.1) is 5.92 Å². The number of hydrogen-bond donors (Lipinski definition) is 6. The average Bonchev–Trinajstić information content (AvgIpc) is 2.46. The molecule has 0 spiro atoms. The zero-order valence-electron chi connectivity index (χ0n) is 13.1. The molecule has 0 aliphatic carbocycles. The fourth-order valence-electron chi connectivity index (χ4n) is 1.58. The SMILES string of the molecule is CC(C)[C@H](N)C(=O)N[C@@H](CO)C(=O)N[C@@H](CCC(N)=O)C(=O)O. The Kier molecular flexibility index (Phi) is 8.81. The highest BCUT2D eigenvalue weighted by molar-refractivity contribution is 5.92. The number of primary amides is 1. The van der Waals surface area contributed by atoms with E-state index in [0.717, 1.165) is 0 Å². The van der Waals surface area contributed by atoms with E-state index in [9.17, 15) is 24.3 Å². The predicted molar refractivity (Wildman–Crippen MR) is 79.8 cm³/mol. The maximum Gasteiger partial charge on any atom is 0.326 e. The molecule has 3 atom stereocenters. The third-order valence-electron chi connectivity index (χ3n) is 3.13. The van der Waals surface area contributed by atoms with Crippen LogP contribution in [0.25, 0.3) is 0 Å². The Morgan fingerprint density at radius 3 is 1.96 bits per heavy atom. The van der Waals surface area contributed by atoms with Crippen molar-refractivity contribution in [3.63, 3.8) is 0 Å². The molecular formula is C13H24N4O6. The minimum atomic E-state index is -1.36. The van der Waals surface area contributed by atoms with Crippen LogP contribution < -0.4 is 22.1 Å². The van der Waals surface area contributed by atoms with Crippen molar-refractivity contribution < 1.29 is 29.4 Å². The van der Waals surface area contributed by atoms with Crippen molar-refractivity contribution in [1.82, 2.24) is 10.6 Å². The van der Waals surface area contributed by atoms with E-state index in [-0.39, 0.29) is 18.8 Å². The van der Waals surface area contributed by atoms with E-state index in [2.05, 4.69) is 10.6 Å². The van der Waals surface area contributed by atoms with Gasteiger partial charge in [0.15, 0.2) is 0 Å². The number of nitrogens with two attached hydrogens (primary N) is 2. The topological polar surface area (TPSA) is 185 Å². The number of hydrogen-bond acceptors (Lipinski definition) is 6. The highest BCUT2D eigenvalue weighted by Gasteiger charge is 2.28. The van der Waals surface area contributed by atoms with Crippen LogP contribution in [-0.4, -0.2) is 58.6 Å². The monoisotopic (exact) mass is 332 g/mol. The number of rotatable bonds is 10. The first kappa shape index (κ1) is 20.8. The molecule has 0 aromatic heterocycles. The van der Waals surface area contributed by atoms with Gasteiger partial charge >= 0.3 is 5.97 Å². The van der Waals surface area contributed by atoms with Crippen molar-refractivity contribution >= 4 is 23.7 Å². The normalized spacial score (nSPS) is 14.7. The van der Waals surface area contributed by atoms with Gasteiger partial charge in [-0.1, -0.05) is 13.8 Å². The zero-order valence-corrected chi connectivity index (χ0v) is 13.1. The molecule has 0 bridgehead atoms. The van der Waals surface area contributed by atoms with Gasteiger partial charge in [0, 0.05) is 6.42 Å². The Labute approximate surface area is 133 Å². The quantitative estimate of drug-likeness (QED) is 0.251. The number of aliphatic hydroxyl groups is 1. The van der Waals surface area contributed by atoms with E-state index in [1.807, 2.05) is 0 Å². The summed E-state index contributed by atoms with van der Waals surface area (Å²) in [6.45, 7) is 2.69. The lowest BCUT2D eigenvalue weighted by atomic mass is 10.0. The Morgan fingerprint density at radius 2 is 1.57 bits per heavy atom. The maximum absolute atomic E-state index is 12.0. The summed E-state index contributed by atoms with van der Waals surface area (Å²) in [6, 6.07) is -3.58. The number of amides is 3. The Hall–Kier alpha value is -2.20. The molecule has 0 fully saturated rings. The third kappa shape index (κ3) is 7.56. The molecule has 0 aliphatic rings. The molecule has 10 nitrogen and oxygen atoms in total. The zero-order chi connectivity index (χ0) is 18.2. The molecule has 10 heteroatoms. The molecule has 0 heterocycles. The van der Waals surface area contributed by atoms with Crippen molar-refractivity contribution in [3.05, 3.63) is 0 Å². The molecule has 0 unspecified atom stereocenters. The van der Waals surface area contributed by atoms with Gasteiger partial charge < -0.3 is 32.3 Å². The minimum Gasteiger partial charge on any atom is -0.480 e. The molecule has 0 aliphatic heterocycles. The van der Waals surface area contributed by atoms with Crippen molar-refractivity contribution in [2.45, 2.75) is 44.8 Å². The molecule has 0 saturated heterocycles. The number of carboxylic acid groups (broad SMARTS) is 1. The van der Waals surface area contributed by atoms with E-state index >= 15 is 0 Å². The van der Waals surface area contributed by atoms with Crippen LogP contribution in [0.15, 0.2) is 0 Å². The lowest BCUT2D eigenvalue weighted by molar-refractivity contribution is -0.142. The standard InChI is InChI=1S/C13H24N4O6/c1-6(2)10(15)12(21)17-8(5-18)11(20)16-7(13(22)23)3-4-9(14)19/h6-8,10,18H,3-5,15H2,1-2H3,(H2,14,19)(H,16,20)(H,17,21)(H,22,23)/t7-,8-,10-/m0/s1. The molecule has 0 saturated carbocycles. The molecule has 0 rings (SSSR count). The van der Waals surface area contributed by atoms with Crippen LogP contribution in [0.2, 0.25) is 0 Å². The van der Waals surface area contributed by atoms with Crippen LogP contribution in [0.4, 0.5) is 0 Å². The van der Waals surface area contributed by atoms with Gasteiger partial charge in [-0.2, -0.15) is 0 Å². The first-order valence-electron chi connectivity index (χ1n) is 7.08. The lowest BCUT2D eigenvalue weighted by Gasteiger charge is -2.22. The van der Waals surface area contributed by atoms with Gasteiger partial charge in [0.25, 0.3) is 0 Å². The Balaban J connectivity index is 4.76. The second-order valence-electron chi connectivity index (χ2n) is 5.42. The highest BCUT2D eigenvalue weighted by atomic mass is 16.4. The van der Waals surface area contributed by atoms with Gasteiger partial charge in [-0.15, -0.1) is 0 Å². The third-order valence-corrected chi connectivity index (χ3v) is 3.13. The molecule has 132 valence electrons. The van der Waals surface area contributed by atoms with Crippen molar-refractivity contribution in [2.24, 2.45) is 17.4 Å². The van der Waals surface area contributed by atoms with Crippen LogP contribution in [0.5, 0.6) is 0 Å². The number of aliphatic carboxylic acids is 1. The summed E-state index contributed by atoms with van der Waals surface area (Å²) < 4.78 is 0. The first-order chi connectivity index (χ1) is 10.6. The summed E-state index contributed by atoms with van der Waals surface area (Å²) >= 11 is 0. The molecule has 3 amide bonds. The molecule has 0 radical (unpaired) electrons. The van der Waals surface area contributed by atoms with Crippen LogP contribution >= 0.6 is 0 Å². The van der Waals surface area contributed by atoms with Crippen LogP contribution in [0.1, 0.15) is 26.7 Å². The van der Waals surface area contributed by atoms with E-state index < -0.39 is 48.4 Å². The fraction of sp³-hybridized carbons (Fsp3) is 0.692. The predicted octanol–water partition coefficient (Wildman–Crippen LogP) is -2.72.